The van der Waals surface area contributed by atoms with Crippen molar-refractivity contribution in [3.05, 3.63) is 35.6 Å². The fourth-order valence-corrected chi connectivity index (χ4v) is 3.37. The van der Waals surface area contributed by atoms with Gasteiger partial charge >= 0.3 is 0 Å². The molecule has 23 heavy (non-hydrogen) atoms. The van der Waals surface area contributed by atoms with E-state index in [1.807, 2.05) is 12.1 Å². The van der Waals surface area contributed by atoms with Crippen molar-refractivity contribution < 1.29 is 13.9 Å². The van der Waals surface area contributed by atoms with Gasteiger partial charge in [-0.2, -0.15) is 0 Å². The lowest BCUT2D eigenvalue weighted by atomic mass is 10.1. The molecule has 1 aliphatic heterocycles. The van der Waals surface area contributed by atoms with E-state index in [1.54, 1.807) is 6.26 Å². The summed E-state index contributed by atoms with van der Waals surface area (Å²) in [5.74, 6) is -0.0298. The minimum absolute atomic E-state index is 0.0298. The van der Waals surface area contributed by atoms with Gasteiger partial charge in [0.05, 0.1) is 18.8 Å². The lowest BCUT2D eigenvalue weighted by Crippen LogP contribution is -2.41. The Bertz CT molecular complexity index is 718. The summed E-state index contributed by atoms with van der Waals surface area (Å²) in [6.45, 7) is 5.63. The standard InChI is InChI=1S/C18H22N2O3/c1-2-12-3-4-17-13(9-12)14(11-23-17)18(21)19-15-10-16(15)20-5-7-22-8-6-20/h3-4,9,11,15-16H,2,5-8,10H2,1H3,(H,19,21)/t15-,16+/m1/s1. The molecule has 1 aliphatic carbocycles. The summed E-state index contributed by atoms with van der Waals surface area (Å²) < 4.78 is 10.9. The number of ether oxygens (including phenoxy) is 1. The molecule has 1 N–H and O–H groups in total. The first kappa shape index (κ1) is 14.7. The Balaban J connectivity index is 1.45. The number of rotatable bonds is 4. The van der Waals surface area contributed by atoms with Crippen LogP contribution in [0.2, 0.25) is 0 Å². The van der Waals surface area contributed by atoms with E-state index in [-0.39, 0.29) is 11.9 Å². The number of morpholine rings is 1. The summed E-state index contributed by atoms with van der Waals surface area (Å²) in [4.78, 5) is 15.0. The topological polar surface area (TPSA) is 54.7 Å². The molecule has 5 nitrogen and oxygen atoms in total. The van der Waals surface area contributed by atoms with E-state index < -0.39 is 0 Å². The van der Waals surface area contributed by atoms with Crippen LogP contribution in [-0.2, 0) is 11.2 Å². The molecule has 1 saturated heterocycles. The maximum atomic E-state index is 12.6. The molecule has 2 aromatic rings. The Kier molecular flexibility index (Phi) is 3.83. The molecule has 1 aromatic heterocycles. The molecular weight excluding hydrogens is 292 g/mol. The molecular formula is C18H22N2O3. The van der Waals surface area contributed by atoms with Crippen molar-refractivity contribution in [3.8, 4) is 0 Å². The molecule has 5 heteroatoms. The van der Waals surface area contributed by atoms with Gasteiger partial charge in [-0.3, -0.25) is 9.69 Å². The third-order valence-corrected chi connectivity index (χ3v) is 4.88. The largest absolute Gasteiger partial charge is 0.463 e. The summed E-state index contributed by atoms with van der Waals surface area (Å²) in [6, 6.07) is 6.76. The predicted octanol–water partition coefficient (Wildman–Crippen LogP) is 2.20. The zero-order valence-electron chi connectivity index (χ0n) is 13.4. The molecule has 122 valence electrons. The highest BCUT2D eigenvalue weighted by molar-refractivity contribution is 6.06. The highest BCUT2D eigenvalue weighted by atomic mass is 16.5. The van der Waals surface area contributed by atoms with Crippen LogP contribution in [0.5, 0.6) is 0 Å². The summed E-state index contributed by atoms with van der Waals surface area (Å²) in [7, 11) is 0. The van der Waals surface area contributed by atoms with Gasteiger partial charge in [-0.05, 0) is 30.5 Å². The van der Waals surface area contributed by atoms with E-state index in [1.165, 1.54) is 5.56 Å². The van der Waals surface area contributed by atoms with E-state index in [0.717, 1.165) is 50.1 Å². The molecule has 1 saturated carbocycles. The SMILES string of the molecule is CCc1ccc2occ(C(=O)N[C@@H]3C[C@@H]3N3CCOCC3)c2c1. The first-order valence-electron chi connectivity index (χ1n) is 8.39. The third kappa shape index (κ3) is 2.86. The summed E-state index contributed by atoms with van der Waals surface area (Å²) in [5, 5.41) is 4.06. The summed E-state index contributed by atoms with van der Waals surface area (Å²) in [6.07, 6.45) is 3.55. The van der Waals surface area contributed by atoms with Gasteiger partial charge in [0.15, 0.2) is 0 Å². The van der Waals surface area contributed by atoms with Crippen LogP contribution in [0.1, 0.15) is 29.3 Å². The van der Waals surface area contributed by atoms with E-state index >= 15 is 0 Å². The lowest BCUT2D eigenvalue weighted by molar-refractivity contribution is 0.0325. The van der Waals surface area contributed by atoms with Crippen LogP contribution < -0.4 is 5.32 Å². The highest BCUT2D eigenvalue weighted by Gasteiger charge is 2.43. The number of hydrogen-bond donors (Lipinski definition) is 1. The number of carbonyl (C=O) groups is 1. The van der Waals surface area contributed by atoms with Gasteiger partial charge in [0.2, 0.25) is 0 Å². The zero-order valence-corrected chi connectivity index (χ0v) is 13.4. The number of aryl methyl sites for hydroxylation is 1. The van der Waals surface area contributed by atoms with Crippen LogP contribution in [0.3, 0.4) is 0 Å². The molecule has 4 rings (SSSR count). The molecule has 0 spiro atoms. The van der Waals surface area contributed by atoms with Gasteiger partial charge in [0.1, 0.15) is 11.8 Å². The second-order valence-electron chi connectivity index (χ2n) is 6.36. The number of carbonyl (C=O) groups excluding carboxylic acids is 1. The quantitative estimate of drug-likeness (QED) is 0.940. The van der Waals surface area contributed by atoms with Gasteiger partial charge in [0.25, 0.3) is 5.91 Å². The Hall–Kier alpha value is -1.85. The highest BCUT2D eigenvalue weighted by Crippen LogP contribution is 2.30. The minimum Gasteiger partial charge on any atom is -0.463 e. The molecule has 2 aliphatic rings. The van der Waals surface area contributed by atoms with Crippen molar-refractivity contribution in [1.82, 2.24) is 10.2 Å². The summed E-state index contributed by atoms with van der Waals surface area (Å²) >= 11 is 0. The van der Waals surface area contributed by atoms with Crippen molar-refractivity contribution >= 4 is 16.9 Å². The zero-order chi connectivity index (χ0) is 15.8. The van der Waals surface area contributed by atoms with Crippen LogP contribution in [-0.4, -0.2) is 49.2 Å². The molecule has 1 amide bonds. The van der Waals surface area contributed by atoms with E-state index in [0.29, 0.717) is 11.6 Å². The molecule has 0 unspecified atom stereocenters. The Morgan fingerprint density at radius 1 is 1.35 bits per heavy atom. The Morgan fingerprint density at radius 2 is 2.17 bits per heavy atom. The third-order valence-electron chi connectivity index (χ3n) is 4.88. The van der Waals surface area contributed by atoms with Crippen LogP contribution in [0.4, 0.5) is 0 Å². The Labute approximate surface area is 135 Å². The normalized spacial score (nSPS) is 24.7. The molecule has 2 atom stereocenters. The number of benzene rings is 1. The fraction of sp³-hybridized carbons (Fsp3) is 0.500. The number of hydrogen-bond acceptors (Lipinski definition) is 4. The van der Waals surface area contributed by atoms with Crippen LogP contribution in [0.25, 0.3) is 11.0 Å². The van der Waals surface area contributed by atoms with Crippen LogP contribution >= 0.6 is 0 Å². The molecule has 1 aromatic carbocycles. The second-order valence-corrected chi connectivity index (χ2v) is 6.36. The van der Waals surface area contributed by atoms with Crippen molar-refractivity contribution in [2.24, 2.45) is 0 Å². The van der Waals surface area contributed by atoms with Crippen LogP contribution in [0, 0.1) is 0 Å². The van der Waals surface area contributed by atoms with Crippen molar-refractivity contribution in [2.75, 3.05) is 26.3 Å². The predicted molar refractivity (Wildman–Crippen MR) is 87.6 cm³/mol. The van der Waals surface area contributed by atoms with E-state index in [2.05, 4.69) is 23.2 Å². The smallest absolute Gasteiger partial charge is 0.255 e. The summed E-state index contributed by atoms with van der Waals surface area (Å²) in [5.41, 5.74) is 2.63. The first-order valence-corrected chi connectivity index (χ1v) is 8.39. The number of fused-ring (bicyclic) bond motifs is 1. The monoisotopic (exact) mass is 314 g/mol. The number of amides is 1. The second kappa shape index (κ2) is 5.98. The van der Waals surface area contributed by atoms with Gasteiger partial charge in [-0.15, -0.1) is 0 Å². The van der Waals surface area contributed by atoms with E-state index in [4.69, 9.17) is 9.15 Å². The first-order chi connectivity index (χ1) is 11.3. The van der Waals surface area contributed by atoms with Gasteiger partial charge in [-0.1, -0.05) is 13.0 Å². The number of furan rings is 1. The van der Waals surface area contributed by atoms with Crippen molar-refractivity contribution in [3.63, 3.8) is 0 Å². The molecule has 2 fully saturated rings. The Morgan fingerprint density at radius 3 is 2.96 bits per heavy atom. The van der Waals surface area contributed by atoms with E-state index in [9.17, 15) is 4.79 Å². The average Bonchev–Trinajstić information content (AvgIpc) is 3.22. The minimum atomic E-state index is -0.0298. The van der Waals surface area contributed by atoms with Gasteiger partial charge < -0.3 is 14.5 Å². The van der Waals surface area contributed by atoms with Gasteiger partial charge in [-0.25, -0.2) is 0 Å². The average molecular weight is 314 g/mol. The molecule has 2 heterocycles. The van der Waals surface area contributed by atoms with Crippen molar-refractivity contribution in [2.45, 2.75) is 31.8 Å². The lowest BCUT2D eigenvalue weighted by Gasteiger charge is -2.26. The van der Waals surface area contributed by atoms with Gasteiger partial charge in [0, 0.05) is 30.6 Å². The van der Waals surface area contributed by atoms with Crippen LogP contribution in [0.15, 0.2) is 28.9 Å². The maximum Gasteiger partial charge on any atom is 0.255 e. The fourth-order valence-electron chi connectivity index (χ4n) is 3.37. The molecule has 0 radical (unpaired) electrons. The number of nitrogens with one attached hydrogen (secondary N) is 1. The number of nitrogens with zero attached hydrogens (tertiary/aromatic N) is 1. The molecule has 0 bridgehead atoms. The van der Waals surface area contributed by atoms with Crippen molar-refractivity contribution in [1.29, 1.82) is 0 Å². The maximum absolute atomic E-state index is 12.6.